The van der Waals surface area contributed by atoms with Crippen LogP contribution in [0.5, 0.6) is 0 Å². The van der Waals surface area contributed by atoms with Crippen molar-refractivity contribution < 1.29 is 9.13 Å². The number of likely N-dealkylation sites (tertiary alicyclic amines) is 1. The lowest BCUT2D eigenvalue weighted by atomic mass is 10.0. The van der Waals surface area contributed by atoms with Gasteiger partial charge in [0.25, 0.3) is 0 Å². The summed E-state index contributed by atoms with van der Waals surface area (Å²) in [4.78, 5) is 9.78. The summed E-state index contributed by atoms with van der Waals surface area (Å²) >= 11 is 0. The molecule has 6 nitrogen and oxygen atoms in total. The molecule has 0 saturated carbocycles. The van der Waals surface area contributed by atoms with Crippen LogP contribution >= 0.6 is 24.0 Å². The van der Waals surface area contributed by atoms with E-state index in [1.54, 1.807) is 0 Å². The summed E-state index contributed by atoms with van der Waals surface area (Å²) in [7, 11) is 0. The summed E-state index contributed by atoms with van der Waals surface area (Å²) in [5.41, 5.74) is 1.10. The Morgan fingerprint density at radius 2 is 1.90 bits per heavy atom. The summed E-state index contributed by atoms with van der Waals surface area (Å²) in [5.74, 6) is 1.33. The van der Waals surface area contributed by atoms with Crippen LogP contribution in [0.3, 0.4) is 0 Å². The molecular formula is C22H37FIN5O. The van der Waals surface area contributed by atoms with E-state index in [0.29, 0.717) is 12.5 Å². The number of hydrogen-bond acceptors (Lipinski definition) is 4. The van der Waals surface area contributed by atoms with Gasteiger partial charge in [-0.05, 0) is 50.0 Å². The average Bonchev–Trinajstić information content (AvgIpc) is 3.22. The summed E-state index contributed by atoms with van der Waals surface area (Å²) in [6.45, 7) is 13.4. The van der Waals surface area contributed by atoms with E-state index in [0.717, 1.165) is 64.0 Å². The highest BCUT2D eigenvalue weighted by atomic mass is 127. The molecule has 2 unspecified atom stereocenters. The lowest BCUT2D eigenvalue weighted by molar-refractivity contribution is 0.0179. The van der Waals surface area contributed by atoms with Gasteiger partial charge in [0.05, 0.1) is 25.8 Å². The van der Waals surface area contributed by atoms with Gasteiger partial charge in [0.2, 0.25) is 0 Å². The van der Waals surface area contributed by atoms with E-state index >= 15 is 0 Å². The Balaban J connectivity index is 0.00000320. The van der Waals surface area contributed by atoms with Crippen LogP contribution in [0.4, 0.5) is 4.39 Å². The summed E-state index contributed by atoms with van der Waals surface area (Å²) < 4.78 is 18.9. The van der Waals surface area contributed by atoms with Gasteiger partial charge in [-0.25, -0.2) is 4.39 Å². The molecule has 2 N–H and O–H groups in total. The fourth-order valence-corrected chi connectivity index (χ4v) is 4.13. The maximum Gasteiger partial charge on any atom is 0.191 e. The number of guanidine groups is 1. The molecule has 2 saturated heterocycles. The van der Waals surface area contributed by atoms with Crippen LogP contribution in [0.1, 0.15) is 31.9 Å². The second-order valence-electron chi connectivity index (χ2n) is 7.86. The fourth-order valence-electron chi connectivity index (χ4n) is 4.13. The monoisotopic (exact) mass is 533 g/mol. The van der Waals surface area contributed by atoms with Crippen molar-refractivity contribution in [1.82, 2.24) is 20.4 Å². The minimum absolute atomic E-state index is 0. The number of hydrogen-bond donors (Lipinski definition) is 2. The molecule has 2 fully saturated rings. The standard InChI is InChI=1S/C22H36FN5O.HI/c1-3-24-22(25-15-18-9-10-27(4-2)17-18)26-16-21(28-11-13-29-14-12-28)19-5-7-20(23)8-6-19;/h5-8,18,21H,3-4,9-17H2,1-2H3,(H2,24,25,26);1H. The molecule has 2 atom stereocenters. The zero-order chi connectivity index (χ0) is 20.5. The first-order valence-electron chi connectivity index (χ1n) is 11.0. The van der Waals surface area contributed by atoms with Crippen LogP contribution in [0, 0.1) is 11.7 Å². The van der Waals surface area contributed by atoms with Crippen molar-refractivity contribution in [3.8, 4) is 0 Å². The van der Waals surface area contributed by atoms with Crippen molar-refractivity contribution in [2.24, 2.45) is 10.9 Å². The first-order valence-corrected chi connectivity index (χ1v) is 11.0. The van der Waals surface area contributed by atoms with E-state index in [-0.39, 0.29) is 35.8 Å². The molecule has 2 aliphatic heterocycles. The molecule has 0 amide bonds. The Labute approximate surface area is 197 Å². The third-order valence-electron chi connectivity index (χ3n) is 5.88. The molecular weight excluding hydrogens is 496 g/mol. The van der Waals surface area contributed by atoms with Crippen molar-refractivity contribution in [2.45, 2.75) is 26.3 Å². The van der Waals surface area contributed by atoms with Crippen molar-refractivity contribution in [1.29, 1.82) is 0 Å². The third-order valence-corrected chi connectivity index (χ3v) is 5.88. The molecule has 0 radical (unpaired) electrons. The first kappa shape index (κ1) is 25.3. The van der Waals surface area contributed by atoms with Crippen molar-refractivity contribution in [2.75, 3.05) is 65.6 Å². The molecule has 30 heavy (non-hydrogen) atoms. The second-order valence-corrected chi connectivity index (χ2v) is 7.86. The van der Waals surface area contributed by atoms with E-state index in [9.17, 15) is 4.39 Å². The van der Waals surface area contributed by atoms with Crippen molar-refractivity contribution in [3.63, 3.8) is 0 Å². The molecule has 1 aromatic carbocycles. The third kappa shape index (κ3) is 7.62. The summed E-state index contributed by atoms with van der Waals surface area (Å²) in [6, 6.07) is 6.95. The van der Waals surface area contributed by atoms with Gasteiger partial charge in [-0.15, -0.1) is 24.0 Å². The van der Waals surface area contributed by atoms with E-state index in [4.69, 9.17) is 9.73 Å². The van der Waals surface area contributed by atoms with E-state index in [1.165, 1.54) is 25.1 Å². The molecule has 3 rings (SSSR count). The SMILES string of the molecule is CCNC(=NCC(c1ccc(F)cc1)N1CCOCC1)NCC1CCN(CC)C1.I. The van der Waals surface area contributed by atoms with Gasteiger partial charge in [-0.3, -0.25) is 9.89 Å². The molecule has 170 valence electrons. The zero-order valence-corrected chi connectivity index (χ0v) is 20.6. The number of ether oxygens (including phenoxy) is 1. The highest BCUT2D eigenvalue weighted by Gasteiger charge is 2.23. The van der Waals surface area contributed by atoms with Gasteiger partial charge < -0.3 is 20.3 Å². The van der Waals surface area contributed by atoms with Gasteiger partial charge in [0.1, 0.15) is 5.82 Å². The number of benzene rings is 1. The number of morpholine rings is 1. The summed E-state index contributed by atoms with van der Waals surface area (Å²) in [6.07, 6.45) is 1.24. The lowest BCUT2D eigenvalue weighted by Crippen LogP contribution is -2.42. The molecule has 1 aromatic rings. The predicted octanol–water partition coefficient (Wildman–Crippen LogP) is 2.71. The number of aliphatic imine (C=N–C) groups is 1. The highest BCUT2D eigenvalue weighted by molar-refractivity contribution is 14.0. The van der Waals surface area contributed by atoms with E-state index in [2.05, 4.69) is 34.3 Å². The van der Waals surface area contributed by atoms with Crippen LogP contribution in [-0.4, -0.2) is 81.3 Å². The van der Waals surface area contributed by atoms with E-state index < -0.39 is 0 Å². The summed E-state index contributed by atoms with van der Waals surface area (Å²) in [5, 5.41) is 6.91. The molecule has 2 aliphatic rings. The smallest absolute Gasteiger partial charge is 0.191 e. The van der Waals surface area contributed by atoms with Gasteiger partial charge in [0.15, 0.2) is 5.96 Å². The topological polar surface area (TPSA) is 52.1 Å². The Morgan fingerprint density at radius 3 is 2.53 bits per heavy atom. The van der Waals surface area contributed by atoms with Crippen LogP contribution in [0.25, 0.3) is 0 Å². The van der Waals surface area contributed by atoms with Crippen LogP contribution < -0.4 is 10.6 Å². The molecule has 0 spiro atoms. The average molecular weight is 533 g/mol. The fraction of sp³-hybridized carbons (Fsp3) is 0.682. The van der Waals surface area contributed by atoms with Crippen LogP contribution in [0.2, 0.25) is 0 Å². The normalized spacial score (nSPS) is 21.8. The van der Waals surface area contributed by atoms with Gasteiger partial charge in [-0.2, -0.15) is 0 Å². The van der Waals surface area contributed by atoms with Gasteiger partial charge in [0, 0.05) is 32.7 Å². The minimum Gasteiger partial charge on any atom is -0.379 e. The Hall–Kier alpha value is -0.970. The Bertz CT molecular complexity index is 639. The van der Waals surface area contributed by atoms with Crippen LogP contribution in [0.15, 0.2) is 29.3 Å². The maximum absolute atomic E-state index is 13.4. The maximum atomic E-state index is 13.4. The quantitative estimate of drug-likeness (QED) is 0.306. The Morgan fingerprint density at radius 1 is 1.17 bits per heavy atom. The van der Waals surface area contributed by atoms with Gasteiger partial charge in [-0.1, -0.05) is 19.1 Å². The first-order chi connectivity index (χ1) is 14.2. The molecule has 2 heterocycles. The predicted molar refractivity (Wildman–Crippen MR) is 131 cm³/mol. The number of nitrogens with one attached hydrogen (secondary N) is 2. The number of halogens is 2. The molecule has 0 aromatic heterocycles. The van der Waals surface area contributed by atoms with Crippen molar-refractivity contribution in [3.05, 3.63) is 35.6 Å². The van der Waals surface area contributed by atoms with E-state index in [1.807, 2.05) is 12.1 Å². The minimum atomic E-state index is -0.203. The Kier molecular flexibility index (Phi) is 11.3. The van der Waals surface area contributed by atoms with Gasteiger partial charge >= 0.3 is 0 Å². The molecule has 0 aliphatic carbocycles. The number of nitrogens with zero attached hydrogens (tertiary/aromatic N) is 3. The second kappa shape index (κ2) is 13.4. The largest absolute Gasteiger partial charge is 0.379 e. The zero-order valence-electron chi connectivity index (χ0n) is 18.3. The van der Waals surface area contributed by atoms with Crippen molar-refractivity contribution >= 4 is 29.9 Å². The lowest BCUT2D eigenvalue weighted by Gasteiger charge is -2.34. The van der Waals surface area contributed by atoms with Crippen LogP contribution in [-0.2, 0) is 4.74 Å². The number of rotatable bonds is 8. The molecule has 0 bridgehead atoms. The molecule has 8 heteroatoms. The highest BCUT2D eigenvalue weighted by Crippen LogP contribution is 2.23.